The number of nitrogens with two attached hydrogens (primary N) is 1. The molecule has 0 aliphatic carbocycles. The monoisotopic (exact) mass is 263 g/mol. The molecule has 0 atom stereocenters. The molecular weight excluding hydrogens is 258 g/mol. The molecule has 2 N–H and O–H groups in total. The summed E-state index contributed by atoms with van der Waals surface area (Å²) in [6.07, 6.45) is 0. The maximum Gasteiger partial charge on any atom is 0.251 e. The average Bonchev–Trinajstić information content (AvgIpc) is 2.46. The van der Waals surface area contributed by atoms with E-state index < -0.39 is 0 Å². The van der Waals surface area contributed by atoms with Crippen molar-refractivity contribution in [2.45, 2.75) is 0 Å². The Labute approximate surface area is 86.7 Å². The van der Waals surface area contributed by atoms with Gasteiger partial charge in [0.25, 0.3) is 4.69 Å². The smallest absolute Gasteiger partial charge is 0.251 e. The second-order valence-electron chi connectivity index (χ2n) is 1.97. The van der Waals surface area contributed by atoms with E-state index in [1.54, 1.807) is 5.38 Å². The number of halogens is 1. The Hall–Kier alpha value is -0.950. The molecule has 0 unspecified atom stereocenters. The van der Waals surface area contributed by atoms with Crippen molar-refractivity contribution in [1.29, 1.82) is 0 Å². The van der Waals surface area contributed by atoms with Crippen LogP contribution in [0.4, 0.5) is 5.13 Å². The molecule has 0 radical (unpaired) electrons. The van der Waals surface area contributed by atoms with Crippen molar-refractivity contribution in [3.8, 4) is 0 Å². The Morgan fingerprint density at radius 2 is 2.54 bits per heavy atom. The minimum absolute atomic E-state index is 0.107. The Kier molecular flexibility index (Phi) is 3.38. The van der Waals surface area contributed by atoms with Crippen LogP contribution in [-0.2, 0) is 9.63 Å². The second kappa shape index (κ2) is 4.33. The topological polar surface area (TPSA) is 77.6 Å². The summed E-state index contributed by atoms with van der Waals surface area (Å²) < 4.78 is -0.389. The lowest BCUT2D eigenvalue weighted by atomic mass is 10.3. The molecule has 1 aromatic rings. The molecule has 0 aromatic carbocycles. The number of aromatic nitrogens is 1. The van der Waals surface area contributed by atoms with Crippen molar-refractivity contribution in [2.75, 3.05) is 12.8 Å². The van der Waals surface area contributed by atoms with E-state index in [9.17, 15) is 4.79 Å². The number of oxime groups is 1. The van der Waals surface area contributed by atoms with Crippen LogP contribution < -0.4 is 5.73 Å². The number of nitrogens with zero attached hydrogens (tertiary/aromatic N) is 2. The number of hydrogen-bond donors (Lipinski definition) is 1. The van der Waals surface area contributed by atoms with E-state index in [1.165, 1.54) is 18.4 Å². The molecule has 0 amide bonds. The molecule has 0 saturated carbocycles. The van der Waals surface area contributed by atoms with Crippen molar-refractivity contribution in [3.05, 3.63) is 11.1 Å². The third-order valence-corrected chi connectivity index (χ3v) is 2.18. The average molecular weight is 264 g/mol. The summed E-state index contributed by atoms with van der Waals surface area (Å²) in [5, 5.41) is 5.53. The van der Waals surface area contributed by atoms with Gasteiger partial charge >= 0.3 is 0 Å². The van der Waals surface area contributed by atoms with Crippen molar-refractivity contribution in [3.63, 3.8) is 0 Å². The van der Waals surface area contributed by atoms with E-state index >= 15 is 0 Å². The third kappa shape index (κ3) is 2.49. The molecule has 5 nitrogen and oxygen atoms in total. The van der Waals surface area contributed by atoms with Crippen LogP contribution in [0.1, 0.15) is 5.69 Å². The maximum absolute atomic E-state index is 11.0. The van der Waals surface area contributed by atoms with E-state index in [0.717, 1.165) is 0 Å². The van der Waals surface area contributed by atoms with Crippen molar-refractivity contribution in [2.24, 2.45) is 5.16 Å². The Morgan fingerprint density at radius 1 is 1.85 bits per heavy atom. The number of carbonyl (C=O) groups excluding carboxylic acids is 1. The lowest BCUT2D eigenvalue weighted by molar-refractivity contribution is -0.105. The first-order valence-corrected chi connectivity index (χ1v) is 4.84. The number of nitrogen functional groups attached to an aromatic ring is 1. The number of anilines is 1. The molecule has 0 spiro atoms. The zero-order chi connectivity index (χ0) is 9.84. The van der Waals surface area contributed by atoms with Crippen LogP contribution >= 0.6 is 27.3 Å². The van der Waals surface area contributed by atoms with Crippen LogP contribution in [0.3, 0.4) is 0 Å². The minimum Gasteiger partial charge on any atom is -0.398 e. The molecule has 0 aliphatic rings. The van der Waals surface area contributed by atoms with Gasteiger partial charge in [-0.15, -0.1) is 11.3 Å². The first-order chi connectivity index (χ1) is 6.15. The van der Waals surface area contributed by atoms with E-state index in [1.807, 2.05) is 0 Å². The van der Waals surface area contributed by atoms with Crippen LogP contribution in [0.5, 0.6) is 0 Å². The van der Waals surface area contributed by atoms with Gasteiger partial charge in [0, 0.05) is 5.38 Å². The Bertz CT molecular complexity index is 349. The van der Waals surface area contributed by atoms with Gasteiger partial charge in [0.1, 0.15) is 12.8 Å². The van der Waals surface area contributed by atoms with Gasteiger partial charge < -0.3 is 10.6 Å². The fourth-order valence-electron chi connectivity index (χ4n) is 0.671. The molecule has 0 fully saturated rings. The highest BCUT2D eigenvalue weighted by molar-refractivity contribution is 9.19. The minimum atomic E-state index is -0.389. The van der Waals surface area contributed by atoms with E-state index in [-0.39, 0.29) is 10.4 Å². The van der Waals surface area contributed by atoms with Gasteiger partial charge in [-0.3, -0.25) is 4.79 Å². The molecule has 0 aliphatic heterocycles. The lowest BCUT2D eigenvalue weighted by Gasteiger charge is -1.94. The van der Waals surface area contributed by atoms with Crippen molar-refractivity contribution in [1.82, 2.24) is 4.98 Å². The molecule has 13 heavy (non-hydrogen) atoms. The summed E-state index contributed by atoms with van der Waals surface area (Å²) in [7, 11) is 1.35. The van der Waals surface area contributed by atoms with Gasteiger partial charge in [-0.05, 0) is 15.9 Å². The highest BCUT2D eigenvalue weighted by Crippen LogP contribution is 2.13. The predicted octanol–water partition coefficient (Wildman–Crippen LogP) is 0.997. The fourth-order valence-corrected chi connectivity index (χ4v) is 1.49. The summed E-state index contributed by atoms with van der Waals surface area (Å²) in [6, 6.07) is 0. The molecule has 1 heterocycles. The molecule has 7 heteroatoms. The summed E-state index contributed by atoms with van der Waals surface area (Å²) in [5.74, 6) is 0. The largest absolute Gasteiger partial charge is 0.398 e. The van der Waals surface area contributed by atoms with Gasteiger partial charge in [-0.1, -0.05) is 5.16 Å². The number of rotatable bonds is 3. The van der Waals surface area contributed by atoms with Crippen LogP contribution in [0.15, 0.2) is 10.5 Å². The highest BCUT2D eigenvalue weighted by atomic mass is 79.9. The van der Waals surface area contributed by atoms with Crippen LogP contribution in [0.25, 0.3) is 0 Å². The number of hydrogen-bond acceptors (Lipinski definition) is 6. The Balaban J connectivity index is 3.02. The predicted molar refractivity (Wildman–Crippen MR) is 54.0 cm³/mol. The second-order valence-corrected chi connectivity index (χ2v) is 3.58. The first-order valence-electron chi connectivity index (χ1n) is 3.17. The van der Waals surface area contributed by atoms with Crippen LogP contribution in [-0.4, -0.2) is 22.5 Å². The van der Waals surface area contributed by atoms with Gasteiger partial charge in [0.05, 0.1) is 0 Å². The van der Waals surface area contributed by atoms with Crippen LogP contribution in [0, 0.1) is 0 Å². The lowest BCUT2D eigenvalue weighted by Crippen LogP contribution is -2.10. The van der Waals surface area contributed by atoms with Gasteiger partial charge in [0.2, 0.25) is 0 Å². The molecule has 0 saturated heterocycles. The van der Waals surface area contributed by atoms with E-state index in [4.69, 9.17) is 5.73 Å². The van der Waals surface area contributed by atoms with Gasteiger partial charge in [-0.25, -0.2) is 4.98 Å². The Morgan fingerprint density at radius 3 is 2.92 bits per heavy atom. The quantitative estimate of drug-likeness (QED) is 0.502. The van der Waals surface area contributed by atoms with Gasteiger partial charge in [-0.2, -0.15) is 0 Å². The molecular formula is C6H6BrN3O2S. The fraction of sp³-hybridized carbons (Fsp3) is 0.167. The normalized spacial score (nSPS) is 11.4. The summed E-state index contributed by atoms with van der Waals surface area (Å²) >= 11 is 4.00. The van der Waals surface area contributed by atoms with Crippen LogP contribution in [0.2, 0.25) is 0 Å². The van der Waals surface area contributed by atoms with E-state index in [0.29, 0.717) is 10.8 Å². The summed E-state index contributed by atoms with van der Waals surface area (Å²) in [4.78, 5) is 19.3. The van der Waals surface area contributed by atoms with Gasteiger partial charge in [0.15, 0.2) is 10.8 Å². The summed E-state index contributed by atoms with van der Waals surface area (Å²) in [6.45, 7) is 0. The first kappa shape index (κ1) is 10.1. The zero-order valence-corrected chi connectivity index (χ0v) is 9.05. The maximum atomic E-state index is 11.0. The standard InChI is InChI=1S/C6H6BrN3O2S/c1-12-10-4(5(7)11)3-2-13-6(8)9-3/h2H,1H3,(H2,8,9)/b10-4-. The summed E-state index contributed by atoms with van der Waals surface area (Å²) in [5.41, 5.74) is 5.91. The zero-order valence-electron chi connectivity index (χ0n) is 6.65. The number of thiazole rings is 1. The molecule has 1 rings (SSSR count). The highest BCUT2D eigenvalue weighted by Gasteiger charge is 2.14. The third-order valence-electron chi connectivity index (χ3n) is 1.13. The molecule has 0 bridgehead atoms. The van der Waals surface area contributed by atoms with Crippen molar-refractivity contribution < 1.29 is 9.63 Å². The molecule has 1 aromatic heterocycles. The van der Waals surface area contributed by atoms with Crippen molar-refractivity contribution >= 4 is 42.8 Å². The number of carbonyl (C=O) groups is 1. The SMILES string of the molecule is CO/N=C(\C(=O)Br)c1csc(N)n1. The molecule has 70 valence electrons. The van der Waals surface area contributed by atoms with E-state index in [2.05, 4.69) is 30.9 Å².